The van der Waals surface area contributed by atoms with E-state index in [0.717, 1.165) is 16.9 Å². The first-order valence-electron chi connectivity index (χ1n) is 8.44. The summed E-state index contributed by atoms with van der Waals surface area (Å²) < 4.78 is 7.16. The molecule has 0 aliphatic carbocycles. The number of para-hydroxylation sites is 1. The zero-order valence-corrected chi connectivity index (χ0v) is 15.1. The van der Waals surface area contributed by atoms with Gasteiger partial charge in [-0.05, 0) is 31.0 Å². The topological polar surface area (TPSA) is 73.2 Å². The number of hydrogen-bond acceptors (Lipinski definition) is 4. The molecule has 134 valence electrons. The summed E-state index contributed by atoms with van der Waals surface area (Å²) in [6.45, 7) is 4.49. The Bertz CT molecular complexity index is 1000. The Kier molecular flexibility index (Phi) is 5.02. The van der Waals surface area contributed by atoms with Gasteiger partial charge in [0.05, 0.1) is 11.9 Å². The molecule has 0 fully saturated rings. The first-order valence-corrected chi connectivity index (χ1v) is 8.44. The Morgan fingerprint density at radius 2 is 1.73 bits per heavy atom. The summed E-state index contributed by atoms with van der Waals surface area (Å²) in [7, 11) is 1.54. The van der Waals surface area contributed by atoms with Crippen LogP contribution in [-0.4, -0.2) is 29.3 Å². The van der Waals surface area contributed by atoms with Crippen LogP contribution in [0.2, 0.25) is 0 Å². The number of amides is 1. The van der Waals surface area contributed by atoms with E-state index < -0.39 is 0 Å². The van der Waals surface area contributed by atoms with Gasteiger partial charge in [0.1, 0.15) is 12.4 Å². The number of ether oxygens (including phenoxy) is 1. The van der Waals surface area contributed by atoms with Crippen molar-refractivity contribution in [2.45, 2.75) is 20.4 Å². The van der Waals surface area contributed by atoms with Crippen LogP contribution < -0.4 is 15.6 Å². The number of carbonyl (C=O) groups is 1. The van der Waals surface area contributed by atoms with Crippen molar-refractivity contribution in [3.05, 3.63) is 69.6 Å². The molecule has 0 spiro atoms. The molecule has 0 aliphatic heterocycles. The van der Waals surface area contributed by atoms with E-state index in [4.69, 9.17) is 4.74 Å². The molecule has 2 aromatic carbocycles. The highest BCUT2D eigenvalue weighted by Gasteiger charge is 2.15. The number of fused-ring (bicyclic) bond motifs is 1. The van der Waals surface area contributed by atoms with Gasteiger partial charge in [-0.25, -0.2) is 4.68 Å². The van der Waals surface area contributed by atoms with Crippen LogP contribution in [0.3, 0.4) is 0 Å². The lowest BCUT2D eigenvalue weighted by molar-refractivity contribution is 0.0957. The summed E-state index contributed by atoms with van der Waals surface area (Å²) in [6.07, 6.45) is 0. The molecule has 3 rings (SSSR count). The van der Waals surface area contributed by atoms with Crippen molar-refractivity contribution in [2.75, 3.05) is 13.7 Å². The van der Waals surface area contributed by atoms with Gasteiger partial charge in [-0.1, -0.05) is 36.4 Å². The highest BCUT2D eigenvalue weighted by atomic mass is 16.5. The average Bonchev–Trinajstić information content (AvgIpc) is 2.65. The van der Waals surface area contributed by atoms with Crippen LogP contribution in [0.15, 0.2) is 47.3 Å². The fourth-order valence-electron chi connectivity index (χ4n) is 2.93. The zero-order valence-electron chi connectivity index (χ0n) is 15.1. The summed E-state index contributed by atoms with van der Waals surface area (Å²) in [5.74, 6) is 0.485. The van der Waals surface area contributed by atoms with Crippen molar-refractivity contribution in [3.8, 4) is 5.75 Å². The van der Waals surface area contributed by atoms with Gasteiger partial charge in [-0.3, -0.25) is 9.59 Å². The molecule has 26 heavy (non-hydrogen) atoms. The molecule has 0 bridgehead atoms. The summed E-state index contributed by atoms with van der Waals surface area (Å²) >= 11 is 0. The molecule has 0 unspecified atom stereocenters. The Morgan fingerprint density at radius 1 is 1.08 bits per heavy atom. The smallest absolute Gasteiger partial charge is 0.274 e. The van der Waals surface area contributed by atoms with Crippen LogP contribution >= 0.6 is 0 Å². The molecule has 0 aliphatic rings. The van der Waals surface area contributed by atoms with E-state index in [0.29, 0.717) is 10.8 Å². The SMILES string of the molecule is CNC(=O)c1nn(CCOc2c(C)cccc2C)c(=O)c2ccccc12. The third-order valence-electron chi connectivity index (χ3n) is 4.27. The third-order valence-corrected chi connectivity index (χ3v) is 4.27. The Balaban J connectivity index is 1.92. The van der Waals surface area contributed by atoms with Crippen molar-refractivity contribution < 1.29 is 9.53 Å². The van der Waals surface area contributed by atoms with Gasteiger partial charge in [-0.15, -0.1) is 0 Å². The van der Waals surface area contributed by atoms with Crippen molar-refractivity contribution in [3.63, 3.8) is 0 Å². The molecule has 1 N–H and O–H groups in total. The second-order valence-corrected chi connectivity index (χ2v) is 6.07. The van der Waals surface area contributed by atoms with Crippen LogP contribution in [-0.2, 0) is 6.54 Å². The minimum atomic E-state index is -0.328. The monoisotopic (exact) mass is 351 g/mol. The normalized spacial score (nSPS) is 10.7. The Morgan fingerprint density at radius 3 is 2.38 bits per heavy atom. The van der Waals surface area contributed by atoms with Crippen LogP contribution in [0.4, 0.5) is 0 Å². The van der Waals surface area contributed by atoms with Crippen LogP contribution in [0, 0.1) is 13.8 Å². The minimum absolute atomic E-state index is 0.231. The predicted octanol–water partition coefficient (Wildman–Crippen LogP) is 2.45. The number of rotatable bonds is 5. The first-order chi connectivity index (χ1) is 12.5. The number of nitrogens with zero attached hydrogens (tertiary/aromatic N) is 2. The maximum absolute atomic E-state index is 12.7. The van der Waals surface area contributed by atoms with Crippen molar-refractivity contribution in [1.29, 1.82) is 0 Å². The number of benzene rings is 2. The van der Waals surface area contributed by atoms with Gasteiger partial charge in [-0.2, -0.15) is 5.10 Å². The molecule has 6 heteroatoms. The van der Waals surface area contributed by atoms with E-state index in [1.54, 1.807) is 24.3 Å². The molecule has 1 heterocycles. The van der Waals surface area contributed by atoms with E-state index in [1.807, 2.05) is 32.0 Å². The molecule has 1 amide bonds. The maximum Gasteiger partial charge on any atom is 0.274 e. The molecule has 1 aromatic heterocycles. The second-order valence-electron chi connectivity index (χ2n) is 6.07. The summed E-state index contributed by atoms with van der Waals surface area (Å²) in [5.41, 5.74) is 2.07. The second kappa shape index (κ2) is 7.39. The Hall–Kier alpha value is -3.15. The van der Waals surface area contributed by atoms with Crippen LogP contribution in [0.25, 0.3) is 10.8 Å². The van der Waals surface area contributed by atoms with Gasteiger partial charge in [0.15, 0.2) is 5.69 Å². The molecule has 3 aromatic rings. The third kappa shape index (κ3) is 3.31. The van der Waals surface area contributed by atoms with Gasteiger partial charge >= 0.3 is 0 Å². The number of nitrogens with one attached hydrogen (secondary N) is 1. The van der Waals surface area contributed by atoms with E-state index in [-0.39, 0.29) is 30.3 Å². The number of hydrogen-bond donors (Lipinski definition) is 1. The molecule has 0 atom stereocenters. The summed E-state index contributed by atoms with van der Waals surface area (Å²) in [4.78, 5) is 24.8. The number of aryl methyl sites for hydroxylation is 2. The fraction of sp³-hybridized carbons (Fsp3) is 0.250. The number of carbonyl (C=O) groups excluding carboxylic acids is 1. The standard InChI is InChI=1S/C20H21N3O3/c1-13-7-6-8-14(2)18(13)26-12-11-23-20(25)16-10-5-4-9-15(16)17(22-23)19(24)21-3/h4-10H,11-12H2,1-3H3,(H,21,24). The zero-order chi connectivity index (χ0) is 18.7. The molecule has 0 radical (unpaired) electrons. The molecular weight excluding hydrogens is 330 g/mol. The predicted molar refractivity (Wildman–Crippen MR) is 101 cm³/mol. The fourth-order valence-corrected chi connectivity index (χ4v) is 2.93. The van der Waals surface area contributed by atoms with Gasteiger partial charge in [0.25, 0.3) is 11.5 Å². The number of aromatic nitrogens is 2. The summed E-state index contributed by atoms with van der Waals surface area (Å²) in [6, 6.07) is 12.9. The van der Waals surface area contributed by atoms with Gasteiger partial charge in [0.2, 0.25) is 0 Å². The maximum atomic E-state index is 12.7. The van der Waals surface area contributed by atoms with E-state index in [9.17, 15) is 9.59 Å². The highest BCUT2D eigenvalue weighted by molar-refractivity contribution is 6.04. The average molecular weight is 351 g/mol. The molecule has 0 saturated carbocycles. The van der Waals surface area contributed by atoms with E-state index in [2.05, 4.69) is 10.4 Å². The molecule has 0 saturated heterocycles. The lowest BCUT2D eigenvalue weighted by Crippen LogP contribution is -2.30. The van der Waals surface area contributed by atoms with E-state index >= 15 is 0 Å². The van der Waals surface area contributed by atoms with Gasteiger partial charge in [0, 0.05) is 12.4 Å². The van der Waals surface area contributed by atoms with Crippen molar-refractivity contribution in [1.82, 2.24) is 15.1 Å². The molecular formula is C20H21N3O3. The first kappa shape index (κ1) is 17.7. The van der Waals surface area contributed by atoms with Crippen LogP contribution in [0.5, 0.6) is 5.75 Å². The Labute approximate surface area is 151 Å². The lowest BCUT2D eigenvalue weighted by atomic mass is 10.1. The minimum Gasteiger partial charge on any atom is -0.491 e. The quantitative estimate of drug-likeness (QED) is 0.766. The largest absolute Gasteiger partial charge is 0.491 e. The van der Waals surface area contributed by atoms with Crippen molar-refractivity contribution in [2.24, 2.45) is 0 Å². The van der Waals surface area contributed by atoms with E-state index in [1.165, 1.54) is 11.7 Å². The van der Waals surface area contributed by atoms with Crippen molar-refractivity contribution >= 4 is 16.7 Å². The summed E-state index contributed by atoms with van der Waals surface area (Å²) in [5, 5.41) is 7.84. The lowest BCUT2D eigenvalue weighted by Gasteiger charge is -2.13. The molecule has 6 nitrogen and oxygen atoms in total. The van der Waals surface area contributed by atoms with Crippen LogP contribution in [0.1, 0.15) is 21.6 Å². The highest BCUT2D eigenvalue weighted by Crippen LogP contribution is 2.22. The van der Waals surface area contributed by atoms with Gasteiger partial charge < -0.3 is 10.1 Å².